The van der Waals surface area contributed by atoms with Gasteiger partial charge in [-0.05, 0) is 39.5 Å². The molecule has 1 spiro atoms. The summed E-state index contributed by atoms with van der Waals surface area (Å²) in [5.74, 6) is 2.84. The van der Waals surface area contributed by atoms with Crippen LogP contribution < -0.4 is 4.90 Å². The SMILES string of the molecule is CC(C)C(C)c1cc(N2CC3(CCN(C(=O)OC(C)(C)C)CC3)C2)no1. The van der Waals surface area contributed by atoms with Gasteiger partial charge in [-0.15, -0.1) is 0 Å². The van der Waals surface area contributed by atoms with Gasteiger partial charge in [0.25, 0.3) is 0 Å². The van der Waals surface area contributed by atoms with E-state index in [-0.39, 0.29) is 6.09 Å². The minimum Gasteiger partial charge on any atom is -0.444 e. The monoisotopic (exact) mass is 363 g/mol. The van der Waals surface area contributed by atoms with Crippen LogP contribution in [0.25, 0.3) is 0 Å². The maximum atomic E-state index is 12.2. The molecule has 0 aromatic carbocycles. The van der Waals surface area contributed by atoms with Crippen molar-refractivity contribution in [1.82, 2.24) is 10.1 Å². The molecule has 2 fully saturated rings. The Kier molecular flexibility index (Phi) is 4.97. The molecule has 0 radical (unpaired) electrons. The second-order valence-electron chi connectivity index (χ2n) is 9.44. The van der Waals surface area contributed by atoms with Crippen LogP contribution in [0, 0.1) is 11.3 Å². The summed E-state index contributed by atoms with van der Waals surface area (Å²) in [7, 11) is 0. The molecule has 6 heteroatoms. The number of rotatable bonds is 3. The predicted octanol–water partition coefficient (Wildman–Crippen LogP) is 4.27. The Morgan fingerprint density at radius 2 is 1.85 bits per heavy atom. The lowest BCUT2D eigenvalue weighted by molar-refractivity contribution is 0.00585. The Hall–Kier alpha value is -1.72. The third-order valence-corrected chi connectivity index (χ3v) is 5.82. The topological polar surface area (TPSA) is 58.8 Å². The van der Waals surface area contributed by atoms with E-state index in [0.717, 1.165) is 50.6 Å². The van der Waals surface area contributed by atoms with Crippen LogP contribution in [-0.4, -0.2) is 47.9 Å². The van der Waals surface area contributed by atoms with Crippen LogP contribution in [0.15, 0.2) is 10.6 Å². The highest BCUT2D eigenvalue weighted by Crippen LogP contribution is 2.43. The largest absolute Gasteiger partial charge is 0.444 e. The predicted molar refractivity (Wildman–Crippen MR) is 101 cm³/mol. The van der Waals surface area contributed by atoms with Crippen molar-refractivity contribution in [3.63, 3.8) is 0 Å². The van der Waals surface area contributed by atoms with E-state index in [1.807, 2.05) is 25.7 Å². The number of ether oxygens (including phenoxy) is 1. The van der Waals surface area contributed by atoms with Crippen LogP contribution in [0.2, 0.25) is 0 Å². The molecule has 3 heterocycles. The summed E-state index contributed by atoms with van der Waals surface area (Å²) < 4.78 is 11.0. The van der Waals surface area contributed by atoms with Crippen molar-refractivity contribution in [2.75, 3.05) is 31.1 Å². The molecule has 1 atom stereocenters. The number of carbonyl (C=O) groups is 1. The molecule has 1 amide bonds. The van der Waals surface area contributed by atoms with Crippen LogP contribution >= 0.6 is 0 Å². The number of piperidine rings is 1. The molecule has 0 N–H and O–H groups in total. The fraction of sp³-hybridized carbons (Fsp3) is 0.800. The number of carbonyl (C=O) groups excluding carboxylic acids is 1. The molecule has 2 saturated heterocycles. The first-order chi connectivity index (χ1) is 12.1. The van der Waals surface area contributed by atoms with E-state index in [0.29, 0.717) is 17.3 Å². The lowest BCUT2D eigenvalue weighted by atomic mass is 9.72. The Morgan fingerprint density at radius 1 is 1.23 bits per heavy atom. The van der Waals surface area contributed by atoms with Crippen molar-refractivity contribution in [3.05, 3.63) is 11.8 Å². The highest BCUT2D eigenvalue weighted by Gasteiger charge is 2.46. The van der Waals surface area contributed by atoms with Crippen LogP contribution in [0.4, 0.5) is 10.6 Å². The van der Waals surface area contributed by atoms with Gasteiger partial charge in [0.2, 0.25) is 0 Å². The van der Waals surface area contributed by atoms with Gasteiger partial charge in [0.1, 0.15) is 11.4 Å². The van der Waals surface area contributed by atoms with Crippen molar-refractivity contribution in [3.8, 4) is 0 Å². The molecule has 6 nitrogen and oxygen atoms in total. The number of hydrogen-bond donors (Lipinski definition) is 0. The number of likely N-dealkylation sites (tertiary alicyclic amines) is 1. The quantitative estimate of drug-likeness (QED) is 0.802. The zero-order valence-electron chi connectivity index (χ0n) is 17.0. The normalized spacial score (nSPS) is 21.0. The zero-order chi connectivity index (χ0) is 19.1. The van der Waals surface area contributed by atoms with Gasteiger partial charge < -0.3 is 19.1 Å². The first kappa shape index (κ1) is 19.1. The number of aromatic nitrogens is 1. The minimum absolute atomic E-state index is 0.188. The van der Waals surface area contributed by atoms with Gasteiger partial charge in [0.05, 0.1) is 0 Å². The number of hydrogen-bond acceptors (Lipinski definition) is 5. The van der Waals surface area contributed by atoms with E-state index < -0.39 is 5.60 Å². The second-order valence-corrected chi connectivity index (χ2v) is 9.44. The molecule has 0 saturated carbocycles. The molecule has 0 bridgehead atoms. The van der Waals surface area contributed by atoms with E-state index in [4.69, 9.17) is 9.26 Å². The van der Waals surface area contributed by atoms with Gasteiger partial charge in [0, 0.05) is 43.6 Å². The maximum Gasteiger partial charge on any atom is 0.410 e. The standard InChI is InChI=1S/C20H33N3O3/c1-14(2)15(3)16-11-17(21-26-16)23-12-20(13-23)7-9-22(10-8-20)18(24)25-19(4,5)6/h11,14-15H,7-10,12-13H2,1-6H3. The molecule has 1 unspecified atom stereocenters. The van der Waals surface area contributed by atoms with E-state index in [9.17, 15) is 4.79 Å². The highest BCUT2D eigenvalue weighted by atomic mass is 16.6. The number of anilines is 1. The van der Waals surface area contributed by atoms with Gasteiger partial charge >= 0.3 is 6.09 Å². The van der Waals surface area contributed by atoms with Crippen molar-refractivity contribution in [1.29, 1.82) is 0 Å². The van der Waals surface area contributed by atoms with Crippen molar-refractivity contribution >= 4 is 11.9 Å². The summed E-state index contributed by atoms with van der Waals surface area (Å²) in [4.78, 5) is 16.3. The lowest BCUT2D eigenvalue weighted by Crippen LogP contribution is -2.61. The third-order valence-electron chi connectivity index (χ3n) is 5.82. The summed E-state index contributed by atoms with van der Waals surface area (Å²) in [6, 6.07) is 2.09. The van der Waals surface area contributed by atoms with E-state index >= 15 is 0 Å². The van der Waals surface area contributed by atoms with E-state index in [1.54, 1.807) is 0 Å². The number of amides is 1. The van der Waals surface area contributed by atoms with Gasteiger partial charge in [-0.25, -0.2) is 4.79 Å². The lowest BCUT2D eigenvalue weighted by Gasteiger charge is -2.53. The van der Waals surface area contributed by atoms with Crippen molar-refractivity contribution in [2.45, 2.75) is 65.9 Å². The Morgan fingerprint density at radius 3 is 2.38 bits per heavy atom. The van der Waals surface area contributed by atoms with Gasteiger partial charge in [-0.2, -0.15) is 0 Å². The molecule has 2 aliphatic heterocycles. The zero-order valence-corrected chi connectivity index (χ0v) is 17.0. The molecular weight excluding hydrogens is 330 g/mol. The molecular formula is C20H33N3O3. The van der Waals surface area contributed by atoms with Crippen molar-refractivity contribution < 1.29 is 14.1 Å². The van der Waals surface area contributed by atoms with Crippen molar-refractivity contribution in [2.24, 2.45) is 11.3 Å². The molecule has 2 aliphatic rings. The number of nitrogens with zero attached hydrogens (tertiary/aromatic N) is 3. The summed E-state index contributed by atoms with van der Waals surface area (Å²) in [6.07, 6.45) is 1.86. The molecule has 146 valence electrons. The fourth-order valence-electron chi connectivity index (χ4n) is 3.70. The van der Waals surface area contributed by atoms with Gasteiger partial charge in [0.15, 0.2) is 5.82 Å². The smallest absolute Gasteiger partial charge is 0.410 e. The summed E-state index contributed by atoms with van der Waals surface area (Å²) in [5.41, 5.74) is -0.126. The summed E-state index contributed by atoms with van der Waals surface area (Å²) >= 11 is 0. The first-order valence-electron chi connectivity index (χ1n) is 9.78. The fourth-order valence-corrected chi connectivity index (χ4v) is 3.70. The van der Waals surface area contributed by atoms with E-state index in [1.165, 1.54) is 0 Å². The highest BCUT2D eigenvalue weighted by molar-refractivity contribution is 5.68. The summed E-state index contributed by atoms with van der Waals surface area (Å²) in [5, 5.41) is 4.27. The van der Waals surface area contributed by atoms with Crippen LogP contribution in [0.1, 0.15) is 66.1 Å². The Labute approximate surface area is 156 Å². The third kappa shape index (κ3) is 3.99. The first-order valence-corrected chi connectivity index (χ1v) is 9.78. The van der Waals surface area contributed by atoms with Crippen LogP contribution in [0.5, 0.6) is 0 Å². The summed E-state index contributed by atoms with van der Waals surface area (Å²) in [6.45, 7) is 15.8. The molecule has 1 aromatic rings. The van der Waals surface area contributed by atoms with Crippen LogP contribution in [0.3, 0.4) is 0 Å². The Balaban J connectivity index is 1.50. The molecule has 0 aliphatic carbocycles. The van der Waals surface area contributed by atoms with Gasteiger partial charge in [-0.3, -0.25) is 0 Å². The molecule has 3 rings (SSSR count). The average Bonchev–Trinajstić information content (AvgIpc) is 2.99. The maximum absolute atomic E-state index is 12.2. The second kappa shape index (κ2) is 6.78. The Bertz CT molecular complexity index is 631. The molecule has 1 aromatic heterocycles. The van der Waals surface area contributed by atoms with Gasteiger partial charge in [-0.1, -0.05) is 25.9 Å². The molecule has 26 heavy (non-hydrogen) atoms. The minimum atomic E-state index is -0.433. The van der Waals surface area contributed by atoms with Crippen LogP contribution in [-0.2, 0) is 4.74 Å². The average molecular weight is 364 g/mol. The van der Waals surface area contributed by atoms with E-state index in [2.05, 4.69) is 36.9 Å².